The number of hydrogen-bond donors (Lipinski definition) is 0. The minimum absolute atomic E-state index is 0.308. The summed E-state index contributed by atoms with van der Waals surface area (Å²) >= 11 is 10.3. The van der Waals surface area contributed by atoms with Gasteiger partial charge in [0.15, 0.2) is 4.84 Å². The first-order valence-electron chi connectivity index (χ1n) is 2.30. The van der Waals surface area contributed by atoms with E-state index in [1.807, 2.05) is 0 Å². The lowest BCUT2D eigenvalue weighted by atomic mass is 10.8. The number of hydrogen-bond acceptors (Lipinski definition) is 1. The van der Waals surface area contributed by atoms with Crippen LogP contribution in [0, 0.1) is 0 Å². The Hall–Kier alpha value is 0.790. The standard InChI is InChI=1S/C4H6Cl2F2S/c1-2-9-4(7,8)3(5)6/h3H,2H2,1H3. The quantitative estimate of drug-likeness (QED) is 0.623. The van der Waals surface area contributed by atoms with E-state index in [0.29, 0.717) is 17.5 Å². The average Bonchev–Trinajstić information content (AvgIpc) is 1.65. The fourth-order valence-electron chi connectivity index (χ4n) is 0.255. The third-order valence-corrected chi connectivity index (χ3v) is 2.31. The number of halogens is 4. The van der Waals surface area contributed by atoms with Gasteiger partial charge < -0.3 is 0 Å². The molecule has 0 N–H and O–H groups in total. The molecule has 0 bridgehead atoms. The highest BCUT2D eigenvalue weighted by molar-refractivity contribution is 8.00. The Morgan fingerprint density at radius 2 is 2.00 bits per heavy atom. The zero-order valence-corrected chi connectivity index (χ0v) is 7.03. The van der Waals surface area contributed by atoms with Crippen molar-refractivity contribution in [2.45, 2.75) is 17.0 Å². The second kappa shape index (κ2) is 3.84. The van der Waals surface area contributed by atoms with Crippen LogP contribution in [-0.4, -0.2) is 15.8 Å². The highest BCUT2D eigenvalue weighted by Gasteiger charge is 2.36. The minimum atomic E-state index is -3.00. The lowest BCUT2D eigenvalue weighted by molar-refractivity contribution is 0.122. The van der Waals surface area contributed by atoms with Gasteiger partial charge in [0.2, 0.25) is 0 Å². The Bertz CT molecular complexity index is 86.6. The largest absolute Gasteiger partial charge is 0.323 e. The van der Waals surface area contributed by atoms with Crippen molar-refractivity contribution < 1.29 is 8.78 Å². The summed E-state index contributed by atoms with van der Waals surface area (Å²) in [5, 5.41) is -3.00. The van der Waals surface area contributed by atoms with Gasteiger partial charge in [0.1, 0.15) is 0 Å². The van der Waals surface area contributed by atoms with Crippen molar-refractivity contribution in [2.75, 3.05) is 5.75 Å². The van der Waals surface area contributed by atoms with Crippen LogP contribution in [0.15, 0.2) is 0 Å². The molecular weight excluding hydrogens is 189 g/mol. The van der Waals surface area contributed by atoms with Crippen molar-refractivity contribution in [1.82, 2.24) is 0 Å². The summed E-state index contributed by atoms with van der Waals surface area (Å²) in [6, 6.07) is 0. The van der Waals surface area contributed by atoms with Gasteiger partial charge >= 0.3 is 5.25 Å². The van der Waals surface area contributed by atoms with Gasteiger partial charge in [0, 0.05) is 0 Å². The molecule has 0 atom stereocenters. The molecule has 0 amide bonds. The summed E-state index contributed by atoms with van der Waals surface area (Å²) < 4.78 is 24.5. The number of alkyl halides is 4. The monoisotopic (exact) mass is 194 g/mol. The first-order chi connectivity index (χ1) is 4.00. The second-order valence-corrected chi connectivity index (χ2v) is 3.80. The van der Waals surface area contributed by atoms with E-state index in [9.17, 15) is 8.78 Å². The molecule has 0 spiro atoms. The molecule has 0 aliphatic heterocycles. The average molecular weight is 195 g/mol. The fourth-order valence-corrected chi connectivity index (χ4v) is 1.14. The zero-order chi connectivity index (χ0) is 7.49. The van der Waals surface area contributed by atoms with Gasteiger partial charge in [-0.15, -0.1) is 0 Å². The predicted octanol–water partition coefficient (Wildman–Crippen LogP) is 3.14. The molecular formula is C4H6Cl2F2S. The lowest BCUT2D eigenvalue weighted by Crippen LogP contribution is -2.19. The fraction of sp³-hybridized carbons (Fsp3) is 1.00. The predicted molar refractivity (Wildman–Crippen MR) is 38.6 cm³/mol. The van der Waals surface area contributed by atoms with Gasteiger partial charge in [-0.05, 0) is 5.75 Å². The molecule has 0 fully saturated rings. The maximum absolute atomic E-state index is 12.2. The van der Waals surface area contributed by atoms with Crippen LogP contribution in [0.2, 0.25) is 0 Å². The first kappa shape index (κ1) is 9.79. The van der Waals surface area contributed by atoms with E-state index in [2.05, 4.69) is 0 Å². The van der Waals surface area contributed by atoms with E-state index in [4.69, 9.17) is 23.2 Å². The number of rotatable bonds is 3. The van der Waals surface area contributed by atoms with Gasteiger partial charge in [0.25, 0.3) is 0 Å². The molecule has 0 heterocycles. The first-order valence-corrected chi connectivity index (χ1v) is 4.16. The molecule has 0 rings (SSSR count). The summed E-state index contributed by atoms with van der Waals surface area (Å²) in [6.45, 7) is 1.62. The van der Waals surface area contributed by atoms with Crippen molar-refractivity contribution in [3.8, 4) is 0 Å². The summed E-state index contributed by atoms with van der Waals surface area (Å²) in [7, 11) is 0. The Labute approximate surface area is 66.9 Å². The maximum atomic E-state index is 12.2. The topological polar surface area (TPSA) is 0 Å². The summed E-state index contributed by atoms with van der Waals surface area (Å²) in [4.78, 5) is -1.61. The Kier molecular flexibility index (Phi) is 4.17. The van der Waals surface area contributed by atoms with Crippen molar-refractivity contribution in [2.24, 2.45) is 0 Å². The summed E-state index contributed by atoms with van der Waals surface area (Å²) in [5.74, 6) is 0.308. The molecule has 0 radical (unpaired) electrons. The zero-order valence-electron chi connectivity index (χ0n) is 4.70. The highest BCUT2D eigenvalue weighted by atomic mass is 35.5. The minimum Gasteiger partial charge on any atom is -0.191 e. The molecule has 0 nitrogen and oxygen atoms in total. The van der Waals surface area contributed by atoms with Crippen molar-refractivity contribution in [1.29, 1.82) is 0 Å². The Morgan fingerprint density at radius 3 is 2.11 bits per heavy atom. The van der Waals surface area contributed by atoms with Crippen molar-refractivity contribution in [3.05, 3.63) is 0 Å². The molecule has 0 saturated carbocycles. The molecule has 0 aromatic carbocycles. The highest BCUT2D eigenvalue weighted by Crippen LogP contribution is 2.37. The second-order valence-electron chi connectivity index (χ2n) is 1.30. The SMILES string of the molecule is CCSC(F)(F)C(Cl)Cl. The molecule has 0 unspecified atom stereocenters. The van der Waals surface area contributed by atoms with E-state index < -0.39 is 10.1 Å². The molecule has 0 aliphatic rings. The maximum Gasteiger partial charge on any atom is 0.323 e. The van der Waals surface area contributed by atoms with Crippen LogP contribution < -0.4 is 0 Å². The smallest absolute Gasteiger partial charge is 0.191 e. The van der Waals surface area contributed by atoms with E-state index in [-0.39, 0.29) is 0 Å². The van der Waals surface area contributed by atoms with Crippen LogP contribution in [0.25, 0.3) is 0 Å². The van der Waals surface area contributed by atoms with E-state index >= 15 is 0 Å². The van der Waals surface area contributed by atoms with E-state index in [1.165, 1.54) is 0 Å². The summed E-state index contributed by atoms with van der Waals surface area (Å²) in [6.07, 6.45) is 0. The van der Waals surface area contributed by atoms with Crippen LogP contribution in [0.1, 0.15) is 6.92 Å². The van der Waals surface area contributed by atoms with Crippen LogP contribution in [0.5, 0.6) is 0 Å². The number of thioether (sulfide) groups is 1. The Balaban J connectivity index is 3.70. The normalized spacial score (nSPS) is 12.7. The molecule has 0 aromatic rings. The lowest BCUT2D eigenvalue weighted by Gasteiger charge is -2.14. The van der Waals surface area contributed by atoms with Gasteiger partial charge in [-0.3, -0.25) is 0 Å². The molecule has 0 aliphatic carbocycles. The van der Waals surface area contributed by atoms with Gasteiger partial charge in [-0.2, -0.15) is 8.78 Å². The van der Waals surface area contributed by atoms with E-state index in [1.54, 1.807) is 6.92 Å². The summed E-state index contributed by atoms with van der Waals surface area (Å²) in [5.41, 5.74) is 0. The van der Waals surface area contributed by atoms with Crippen molar-refractivity contribution >= 4 is 35.0 Å². The van der Waals surface area contributed by atoms with Crippen molar-refractivity contribution in [3.63, 3.8) is 0 Å². The van der Waals surface area contributed by atoms with E-state index in [0.717, 1.165) is 0 Å². The van der Waals surface area contributed by atoms with Crippen LogP contribution in [0.3, 0.4) is 0 Å². The molecule has 56 valence electrons. The molecule has 0 aromatic heterocycles. The Morgan fingerprint density at radius 1 is 1.56 bits per heavy atom. The third kappa shape index (κ3) is 3.48. The van der Waals surface area contributed by atoms with Gasteiger partial charge in [-0.25, -0.2) is 0 Å². The molecule has 5 heteroatoms. The van der Waals surface area contributed by atoms with Crippen LogP contribution in [0.4, 0.5) is 8.78 Å². The van der Waals surface area contributed by atoms with Crippen LogP contribution >= 0.6 is 35.0 Å². The third-order valence-electron chi connectivity index (χ3n) is 0.591. The van der Waals surface area contributed by atoms with Gasteiger partial charge in [0.05, 0.1) is 0 Å². The molecule has 9 heavy (non-hydrogen) atoms. The van der Waals surface area contributed by atoms with Crippen LogP contribution in [-0.2, 0) is 0 Å². The van der Waals surface area contributed by atoms with Gasteiger partial charge in [-0.1, -0.05) is 41.9 Å². The molecule has 0 saturated heterocycles.